The van der Waals surface area contributed by atoms with Crippen molar-refractivity contribution in [2.24, 2.45) is 5.73 Å². The molecule has 2 aliphatic heterocycles. The number of fused-ring (bicyclic) bond motifs is 1. The highest BCUT2D eigenvalue weighted by atomic mass is 16.4. The SMILES string of the molecule is CC1CN2CCCCC2CN1CC(C)(N)C(=O)O. The van der Waals surface area contributed by atoms with E-state index in [0.717, 1.165) is 13.1 Å². The van der Waals surface area contributed by atoms with Crippen LogP contribution < -0.4 is 5.73 Å². The maximum atomic E-state index is 11.1. The monoisotopic (exact) mass is 255 g/mol. The van der Waals surface area contributed by atoms with Crippen LogP contribution in [0.15, 0.2) is 0 Å². The molecule has 0 amide bonds. The second kappa shape index (κ2) is 5.15. The summed E-state index contributed by atoms with van der Waals surface area (Å²) in [6, 6.07) is 0.987. The number of carbonyl (C=O) groups is 1. The van der Waals surface area contributed by atoms with E-state index in [1.165, 1.54) is 25.8 Å². The van der Waals surface area contributed by atoms with Crippen LogP contribution >= 0.6 is 0 Å². The van der Waals surface area contributed by atoms with Crippen LogP contribution in [0.25, 0.3) is 0 Å². The molecular weight excluding hydrogens is 230 g/mol. The van der Waals surface area contributed by atoms with Gasteiger partial charge < -0.3 is 10.8 Å². The molecule has 3 unspecified atom stereocenters. The van der Waals surface area contributed by atoms with Gasteiger partial charge in [0.05, 0.1) is 0 Å². The van der Waals surface area contributed by atoms with E-state index in [9.17, 15) is 4.79 Å². The normalized spacial score (nSPS) is 33.7. The fourth-order valence-corrected chi connectivity index (χ4v) is 3.12. The molecule has 0 aromatic heterocycles. The molecule has 3 atom stereocenters. The van der Waals surface area contributed by atoms with Crippen molar-refractivity contribution in [3.63, 3.8) is 0 Å². The number of nitrogens with zero attached hydrogens (tertiary/aromatic N) is 2. The van der Waals surface area contributed by atoms with Gasteiger partial charge in [-0.2, -0.15) is 0 Å². The van der Waals surface area contributed by atoms with Gasteiger partial charge in [0.1, 0.15) is 5.54 Å². The van der Waals surface area contributed by atoms with E-state index >= 15 is 0 Å². The summed E-state index contributed by atoms with van der Waals surface area (Å²) in [5.41, 5.74) is 4.72. The van der Waals surface area contributed by atoms with E-state index in [4.69, 9.17) is 10.8 Å². The Bertz CT molecular complexity index is 319. The Morgan fingerprint density at radius 3 is 2.83 bits per heavy atom. The second-order valence-corrected chi connectivity index (χ2v) is 6.15. The molecule has 2 fully saturated rings. The largest absolute Gasteiger partial charge is 0.480 e. The molecule has 0 saturated carbocycles. The number of piperazine rings is 1. The first-order valence-electron chi connectivity index (χ1n) is 6.90. The van der Waals surface area contributed by atoms with Gasteiger partial charge >= 0.3 is 5.97 Å². The molecule has 2 heterocycles. The Balaban J connectivity index is 1.99. The van der Waals surface area contributed by atoms with E-state index in [1.807, 2.05) is 0 Å². The van der Waals surface area contributed by atoms with Crippen molar-refractivity contribution < 1.29 is 9.90 Å². The fourth-order valence-electron chi connectivity index (χ4n) is 3.12. The molecule has 5 nitrogen and oxygen atoms in total. The number of rotatable bonds is 3. The number of piperidine rings is 1. The van der Waals surface area contributed by atoms with Crippen LogP contribution in [0.3, 0.4) is 0 Å². The van der Waals surface area contributed by atoms with Gasteiger partial charge in [0.2, 0.25) is 0 Å². The van der Waals surface area contributed by atoms with Crippen LogP contribution in [-0.4, -0.2) is 64.7 Å². The summed E-state index contributed by atoms with van der Waals surface area (Å²) in [6.45, 7) is 7.41. The standard InChI is InChI=1S/C13H25N3O2/c1-10-7-15-6-4-3-5-11(15)8-16(10)9-13(2,14)12(17)18/h10-11H,3-9,14H2,1-2H3,(H,17,18). The molecule has 0 spiro atoms. The van der Waals surface area contributed by atoms with Gasteiger partial charge in [-0.25, -0.2) is 0 Å². The van der Waals surface area contributed by atoms with Gasteiger partial charge in [0, 0.05) is 31.7 Å². The molecule has 2 saturated heterocycles. The first-order chi connectivity index (χ1) is 8.40. The highest BCUT2D eigenvalue weighted by molar-refractivity contribution is 5.78. The Labute approximate surface area is 109 Å². The van der Waals surface area contributed by atoms with E-state index in [2.05, 4.69) is 16.7 Å². The number of carboxylic acid groups (broad SMARTS) is 1. The summed E-state index contributed by atoms with van der Waals surface area (Å²) in [5.74, 6) is -0.916. The lowest BCUT2D eigenvalue weighted by Crippen LogP contribution is -2.63. The first-order valence-corrected chi connectivity index (χ1v) is 6.90. The fraction of sp³-hybridized carbons (Fsp3) is 0.923. The average Bonchev–Trinajstić information content (AvgIpc) is 2.29. The Kier molecular flexibility index (Phi) is 3.94. The highest BCUT2D eigenvalue weighted by Crippen LogP contribution is 2.24. The van der Waals surface area contributed by atoms with Crippen molar-refractivity contribution in [3.8, 4) is 0 Å². The third kappa shape index (κ3) is 2.84. The summed E-state index contributed by atoms with van der Waals surface area (Å²) in [7, 11) is 0. The molecule has 0 bridgehead atoms. The van der Waals surface area contributed by atoms with Gasteiger partial charge in [-0.3, -0.25) is 14.6 Å². The Hall–Kier alpha value is -0.650. The van der Waals surface area contributed by atoms with Crippen molar-refractivity contribution in [1.29, 1.82) is 0 Å². The smallest absolute Gasteiger partial charge is 0.324 e. The maximum Gasteiger partial charge on any atom is 0.324 e. The third-order valence-electron chi connectivity index (χ3n) is 4.34. The summed E-state index contributed by atoms with van der Waals surface area (Å²) in [6.07, 6.45) is 3.83. The molecule has 104 valence electrons. The molecule has 18 heavy (non-hydrogen) atoms. The van der Waals surface area contributed by atoms with Gasteiger partial charge in [-0.15, -0.1) is 0 Å². The van der Waals surface area contributed by atoms with Crippen LogP contribution in [0.1, 0.15) is 33.1 Å². The topological polar surface area (TPSA) is 69.8 Å². The van der Waals surface area contributed by atoms with Crippen LogP contribution in [0.5, 0.6) is 0 Å². The minimum atomic E-state index is -1.15. The van der Waals surface area contributed by atoms with Crippen molar-refractivity contribution in [1.82, 2.24) is 9.80 Å². The van der Waals surface area contributed by atoms with Crippen molar-refractivity contribution >= 4 is 5.97 Å². The molecule has 3 N–H and O–H groups in total. The molecule has 2 aliphatic rings. The van der Waals surface area contributed by atoms with Crippen LogP contribution in [0.2, 0.25) is 0 Å². The van der Waals surface area contributed by atoms with E-state index in [-0.39, 0.29) is 0 Å². The average molecular weight is 255 g/mol. The van der Waals surface area contributed by atoms with Crippen LogP contribution in [0, 0.1) is 0 Å². The summed E-state index contributed by atoms with van der Waals surface area (Å²) in [5, 5.41) is 9.13. The quantitative estimate of drug-likeness (QED) is 0.761. The zero-order chi connectivity index (χ0) is 13.3. The van der Waals surface area contributed by atoms with Gasteiger partial charge in [-0.05, 0) is 33.2 Å². The zero-order valence-corrected chi connectivity index (χ0v) is 11.4. The molecule has 2 rings (SSSR count). The number of hydrogen-bond acceptors (Lipinski definition) is 4. The van der Waals surface area contributed by atoms with E-state index in [0.29, 0.717) is 18.6 Å². The number of hydrogen-bond donors (Lipinski definition) is 2. The number of aliphatic carboxylic acids is 1. The third-order valence-corrected chi connectivity index (χ3v) is 4.34. The van der Waals surface area contributed by atoms with Crippen LogP contribution in [0.4, 0.5) is 0 Å². The Morgan fingerprint density at radius 2 is 2.17 bits per heavy atom. The van der Waals surface area contributed by atoms with E-state index in [1.54, 1.807) is 6.92 Å². The second-order valence-electron chi connectivity index (χ2n) is 6.15. The maximum absolute atomic E-state index is 11.1. The van der Waals surface area contributed by atoms with Crippen molar-refractivity contribution in [3.05, 3.63) is 0 Å². The van der Waals surface area contributed by atoms with Gasteiger partial charge in [0.15, 0.2) is 0 Å². The zero-order valence-electron chi connectivity index (χ0n) is 11.4. The predicted octanol–water partition coefficient (Wildman–Crippen LogP) is 0.347. The molecular formula is C13H25N3O2. The lowest BCUT2D eigenvalue weighted by Gasteiger charge is -2.48. The summed E-state index contributed by atoms with van der Waals surface area (Å²) >= 11 is 0. The van der Waals surface area contributed by atoms with Crippen molar-refractivity contribution in [2.45, 2.75) is 50.7 Å². The lowest BCUT2D eigenvalue weighted by molar-refractivity contribution is -0.144. The Morgan fingerprint density at radius 1 is 1.44 bits per heavy atom. The predicted molar refractivity (Wildman–Crippen MR) is 70.5 cm³/mol. The molecule has 0 aromatic carbocycles. The molecule has 0 aliphatic carbocycles. The van der Waals surface area contributed by atoms with Crippen LogP contribution in [-0.2, 0) is 4.79 Å². The minimum absolute atomic E-state index is 0.390. The first kappa shape index (κ1) is 13.8. The van der Waals surface area contributed by atoms with Gasteiger partial charge in [0.25, 0.3) is 0 Å². The van der Waals surface area contributed by atoms with Gasteiger partial charge in [-0.1, -0.05) is 6.42 Å². The van der Waals surface area contributed by atoms with Crippen molar-refractivity contribution in [2.75, 3.05) is 26.2 Å². The summed E-state index contributed by atoms with van der Waals surface area (Å²) < 4.78 is 0. The van der Waals surface area contributed by atoms with E-state index < -0.39 is 11.5 Å². The molecule has 0 radical (unpaired) electrons. The lowest BCUT2D eigenvalue weighted by atomic mass is 9.95. The highest BCUT2D eigenvalue weighted by Gasteiger charge is 2.38. The number of nitrogens with two attached hydrogens (primary N) is 1. The summed E-state index contributed by atoms with van der Waals surface area (Å²) in [4.78, 5) is 15.9. The minimum Gasteiger partial charge on any atom is -0.480 e. The molecule has 0 aromatic rings. The molecule has 5 heteroatoms. The number of carboxylic acids is 1.